The molecule has 0 spiro atoms. The first-order valence-corrected chi connectivity index (χ1v) is 9.84. The Bertz CT molecular complexity index is 876. The Morgan fingerprint density at radius 1 is 1.12 bits per heavy atom. The van der Waals surface area contributed by atoms with E-state index in [0.29, 0.717) is 6.42 Å². The largest absolute Gasteiger partial charge is 0.368 e. The number of fused-ring (bicyclic) bond motifs is 1. The topological polar surface area (TPSA) is 80.5 Å². The molecular weight excluding hydrogens is 336 g/mol. The van der Waals surface area contributed by atoms with Crippen molar-refractivity contribution in [1.82, 2.24) is 4.31 Å². The van der Waals surface area contributed by atoms with Crippen molar-refractivity contribution in [2.45, 2.75) is 43.7 Å². The minimum atomic E-state index is -3.80. The number of rotatable bonds is 5. The van der Waals surface area contributed by atoms with Crippen LogP contribution in [0, 0.1) is 0 Å². The van der Waals surface area contributed by atoms with Gasteiger partial charge in [-0.2, -0.15) is 4.31 Å². The van der Waals surface area contributed by atoms with Gasteiger partial charge in [-0.05, 0) is 41.7 Å². The van der Waals surface area contributed by atoms with Crippen molar-refractivity contribution >= 4 is 15.9 Å². The lowest BCUT2D eigenvalue weighted by atomic mass is 9.96. The second-order valence-electron chi connectivity index (χ2n) is 6.34. The van der Waals surface area contributed by atoms with Gasteiger partial charge in [0.2, 0.25) is 15.9 Å². The van der Waals surface area contributed by atoms with Crippen molar-refractivity contribution < 1.29 is 13.2 Å². The highest BCUT2D eigenvalue weighted by Crippen LogP contribution is 2.29. The van der Waals surface area contributed by atoms with Crippen molar-refractivity contribution in [3.63, 3.8) is 0 Å². The monoisotopic (exact) mass is 358 g/mol. The molecule has 1 aliphatic heterocycles. The van der Waals surface area contributed by atoms with E-state index in [0.717, 1.165) is 29.5 Å². The molecule has 2 aromatic carbocycles. The predicted octanol–water partition coefficient (Wildman–Crippen LogP) is 2.24. The van der Waals surface area contributed by atoms with Gasteiger partial charge in [0.05, 0.1) is 4.90 Å². The fourth-order valence-electron chi connectivity index (χ4n) is 3.25. The summed E-state index contributed by atoms with van der Waals surface area (Å²) in [5.74, 6) is -0.624. The van der Waals surface area contributed by atoms with Crippen LogP contribution in [0.25, 0.3) is 0 Å². The lowest BCUT2D eigenvalue weighted by Crippen LogP contribution is -2.50. The highest BCUT2D eigenvalue weighted by atomic mass is 32.2. The van der Waals surface area contributed by atoms with Gasteiger partial charge in [0.25, 0.3) is 0 Å². The van der Waals surface area contributed by atoms with Crippen LogP contribution in [0.15, 0.2) is 53.4 Å². The van der Waals surface area contributed by atoms with Crippen LogP contribution in [0.5, 0.6) is 0 Å². The Balaban J connectivity index is 1.98. The third-order valence-electron chi connectivity index (χ3n) is 4.60. The number of benzene rings is 2. The molecule has 1 heterocycles. The van der Waals surface area contributed by atoms with E-state index in [1.165, 1.54) is 4.31 Å². The number of hydrogen-bond acceptors (Lipinski definition) is 3. The molecule has 0 aromatic heterocycles. The standard InChI is InChI=1S/C19H22N2O3S/c1-2-5-14-8-10-17(11-9-14)25(23,24)21-13-16-7-4-3-6-15(16)12-18(21)19(20)22/h3-4,6-11,18H,2,5,12-13H2,1H3,(H2,20,22)/t18-/m1/s1. The van der Waals surface area contributed by atoms with Crippen LogP contribution in [-0.2, 0) is 34.2 Å². The Morgan fingerprint density at radius 3 is 2.36 bits per heavy atom. The van der Waals surface area contributed by atoms with Gasteiger partial charge in [-0.25, -0.2) is 8.42 Å². The summed E-state index contributed by atoms with van der Waals surface area (Å²) in [7, 11) is -3.80. The molecule has 1 aliphatic rings. The van der Waals surface area contributed by atoms with Gasteiger partial charge in [0.1, 0.15) is 6.04 Å². The first-order valence-electron chi connectivity index (χ1n) is 8.40. The van der Waals surface area contributed by atoms with Crippen molar-refractivity contribution in [1.29, 1.82) is 0 Å². The van der Waals surface area contributed by atoms with E-state index in [-0.39, 0.29) is 11.4 Å². The molecule has 2 N–H and O–H groups in total. The van der Waals surface area contributed by atoms with E-state index in [9.17, 15) is 13.2 Å². The summed E-state index contributed by atoms with van der Waals surface area (Å²) in [6.07, 6.45) is 2.21. The summed E-state index contributed by atoms with van der Waals surface area (Å²) in [4.78, 5) is 12.1. The summed E-state index contributed by atoms with van der Waals surface area (Å²) in [5, 5.41) is 0. The van der Waals surface area contributed by atoms with Crippen LogP contribution in [0.4, 0.5) is 0 Å². The minimum Gasteiger partial charge on any atom is -0.368 e. The highest BCUT2D eigenvalue weighted by Gasteiger charge is 2.38. The molecule has 25 heavy (non-hydrogen) atoms. The van der Waals surface area contributed by atoms with Gasteiger partial charge < -0.3 is 5.73 Å². The average Bonchev–Trinajstić information content (AvgIpc) is 2.61. The number of primary amides is 1. The van der Waals surface area contributed by atoms with Gasteiger partial charge in [0, 0.05) is 6.54 Å². The molecule has 2 aromatic rings. The Hall–Kier alpha value is -2.18. The Morgan fingerprint density at radius 2 is 1.76 bits per heavy atom. The molecule has 0 aliphatic carbocycles. The van der Waals surface area contributed by atoms with Crippen LogP contribution in [-0.4, -0.2) is 24.7 Å². The van der Waals surface area contributed by atoms with Gasteiger partial charge in [0.15, 0.2) is 0 Å². The highest BCUT2D eigenvalue weighted by molar-refractivity contribution is 7.89. The normalized spacial score (nSPS) is 17.9. The fourth-order valence-corrected chi connectivity index (χ4v) is 4.82. The van der Waals surface area contributed by atoms with Crippen molar-refractivity contribution in [3.05, 3.63) is 65.2 Å². The summed E-state index contributed by atoms with van der Waals surface area (Å²) in [5.41, 5.74) is 8.48. The van der Waals surface area contributed by atoms with Crippen molar-refractivity contribution in [3.8, 4) is 0 Å². The van der Waals surface area contributed by atoms with E-state index in [1.807, 2.05) is 36.4 Å². The van der Waals surface area contributed by atoms with Crippen LogP contribution >= 0.6 is 0 Å². The quantitative estimate of drug-likeness (QED) is 0.890. The van der Waals surface area contributed by atoms with Crippen molar-refractivity contribution in [2.75, 3.05) is 0 Å². The van der Waals surface area contributed by atoms with E-state index >= 15 is 0 Å². The van der Waals surface area contributed by atoms with Crippen LogP contribution < -0.4 is 5.73 Å². The van der Waals surface area contributed by atoms with E-state index < -0.39 is 22.0 Å². The molecule has 0 fully saturated rings. The molecule has 0 bridgehead atoms. The lowest BCUT2D eigenvalue weighted by molar-refractivity contribution is -0.122. The summed E-state index contributed by atoms with van der Waals surface area (Å²) >= 11 is 0. The van der Waals surface area contributed by atoms with Crippen LogP contribution in [0.1, 0.15) is 30.0 Å². The van der Waals surface area contributed by atoms with E-state index in [1.54, 1.807) is 12.1 Å². The third kappa shape index (κ3) is 3.45. The molecule has 0 unspecified atom stereocenters. The Kier molecular flexibility index (Phi) is 4.92. The first-order chi connectivity index (χ1) is 11.9. The number of carbonyl (C=O) groups excluding carboxylic acids is 1. The van der Waals surface area contributed by atoms with Crippen LogP contribution in [0.2, 0.25) is 0 Å². The molecule has 6 heteroatoms. The maximum absolute atomic E-state index is 13.1. The molecule has 0 saturated heterocycles. The smallest absolute Gasteiger partial charge is 0.244 e. The van der Waals surface area contributed by atoms with Gasteiger partial charge in [-0.3, -0.25) is 4.79 Å². The zero-order valence-corrected chi connectivity index (χ0v) is 15.0. The molecule has 0 saturated carbocycles. The third-order valence-corrected chi connectivity index (χ3v) is 6.47. The van der Waals surface area contributed by atoms with Crippen molar-refractivity contribution in [2.24, 2.45) is 5.73 Å². The zero-order chi connectivity index (χ0) is 18.0. The summed E-state index contributed by atoms with van der Waals surface area (Å²) in [6.45, 7) is 2.23. The molecule has 5 nitrogen and oxygen atoms in total. The number of sulfonamides is 1. The maximum atomic E-state index is 13.1. The molecular formula is C19H22N2O3S. The SMILES string of the molecule is CCCc1ccc(S(=O)(=O)N2Cc3ccccc3C[C@@H]2C(N)=O)cc1. The second-order valence-corrected chi connectivity index (χ2v) is 8.23. The zero-order valence-electron chi connectivity index (χ0n) is 14.2. The first kappa shape index (κ1) is 17.6. The molecule has 3 rings (SSSR count). The molecule has 1 atom stereocenters. The summed E-state index contributed by atoms with van der Waals surface area (Å²) < 4.78 is 27.4. The number of hydrogen-bond donors (Lipinski definition) is 1. The fraction of sp³-hybridized carbons (Fsp3) is 0.316. The van der Waals surface area contributed by atoms with E-state index in [4.69, 9.17) is 5.73 Å². The maximum Gasteiger partial charge on any atom is 0.244 e. The number of amides is 1. The second kappa shape index (κ2) is 6.98. The number of aryl methyl sites for hydroxylation is 1. The average molecular weight is 358 g/mol. The number of nitrogens with two attached hydrogens (primary N) is 1. The molecule has 0 radical (unpaired) electrons. The van der Waals surface area contributed by atoms with E-state index in [2.05, 4.69) is 6.92 Å². The lowest BCUT2D eigenvalue weighted by Gasteiger charge is -2.34. The van der Waals surface area contributed by atoms with Gasteiger partial charge >= 0.3 is 0 Å². The predicted molar refractivity (Wildman–Crippen MR) is 96.3 cm³/mol. The Labute approximate surface area is 148 Å². The number of nitrogens with zero attached hydrogens (tertiary/aromatic N) is 1. The molecule has 132 valence electrons. The number of carbonyl (C=O) groups is 1. The van der Waals surface area contributed by atoms with Crippen LogP contribution in [0.3, 0.4) is 0 Å². The summed E-state index contributed by atoms with van der Waals surface area (Å²) in [6, 6.07) is 13.6. The molecule has 1 amide bonds. The van der Waals surface area contributed by atoms with Gasteiger partial charge in [-0.15, -0.1) is 0 Å². The van der Waals surface area contributed by atoms with Gasteiger partial charge in [-0.1, -0.05) is 49.7 Å². The minimum absolute atomic E-state index is 0.156.